The van der Waals surface area contributed by atoms with Crippen molar-refractivity contribution in [2.24, 2.45) is 0 Å². The van der Waals surface area contributed by atoms with Gasteiger partial charge in [-0.05, 0) is 51.0 Å². The Balaban J connectivity index is 2.32. The fourth-order valence-corrected chi connectivity index (χ4v) is 5.97. The van der Waals surface area contributed by atoms with Crippen molar-refractivity contribution in [2.45, 2.75) is 77.4 Å². The number of pyridine rings is 1. The van der Waals surface area contributed by atoms with E-state index in [1.54, 1.807) is 33.0 Å². The second-order valence-corrected chi connectivity index (χ2v) is 12.4. The second-order valence-electron chi connectivity index (χ2n) is 7.67. The van der Waals surface area contributed by atoms with Gasteiger partial charge in [0.25, 0.3) is 5.91 Å². The van der Waals surface area contributed by atoms with Crippen LogP contribution in [0.25, 0.3) is 0 Å². The highest BCUT2D eigenvalue weighted by molar-refractivity contribution is 6.73. The van der Waals surface area contributed by atoms with Gasteiger partial charge in [0.05, 0.1) is 5.69 Å². The Morgan fingerprint density at radius 2 is 1.81 bits per heavy atom. The number of carbonyl (C=O) groups is 2. The van der Waals surface area contributed by atoms with Crippen molar-refractivity contribution in [2.75, 3.05) is 0 Å². The zero-order valence-corrected chi connectivity index (χ0v) is 17.6. The molecule has 0 aliphatic carbocycles. The van der Waals surface area contributed by atoms with E-state index in [-0.39, 0.29) is 5.91 Å². The first-order valence-electron chi connectivity index (χ1n) is 9.32. The lowest BCUT2D eigenvalue weighted by Crippen LogP contribution is -2.65. The van der Waals surface area contributed by atoms with Gasteiger partial charge in [-0.2, -0.15) is 0 Å². The van der Waals surface area contributed by atoms with Gasteiger partial charge in [0.1, 0.15) is 11.6 Å². The van der Waals surface area contributed by atoms with Crippen LogP contribution in [-0.2, 0) is 14.0 Å². The Morgan fingerprint density at radius 3 is 2.27 bits per heavy atom. The zero-order chi connectivity index (χ0) is 19.5. The SMILES string of the molecule is CC[Si](CC)(CC)OC1C(=O)N(C(=O)OC(C)(C)C)C1c1ccccn1. The highest BCUT2D eigenvalue weighted by Crippen LogP contribution is 2.40. The summed E-state index contributed by atoms with van der Waals surface area (Å²) in [4.78, 5) is 30.9. The summed E-state index contributed by atoms with van der Waals surface area (Å²) in [6.07, 6.45) is 0.353. The summed E-state index contributed by atoms with van der Waals surface area (Å²) >= 11 is 0. The monoisotopic (exact) mass is 378 g/mol. The molecule has 2 amide bonds. The average Bonchev–Trinajstić information content (AvgIpc) is 2.60. The van der Waals surface area contributed by atoms with Gasteiger partial charge in [0, 0.05) is 6.20 Å². The number of likely N-dealkylation sites (tertiary alicyclic amines) is 1. The first-order valence-corrected chi connectivity index (χ1v) is 11.9. The molecule has 1 saturated heterocycles. The molecule has 1 aromatic rings. The molecule has 0 spiro atoms. The Morgan fingerprint density at radius 1 is 1.19 bits per heavy atom. The fourth-order valence-electron chi connectivity index (χ4n) is 3.20. The predicted molar refractivity (Wildman–Crippen MR) is 102 cm³/mol. The van der Waals surface area contributed by atoms with Gasteiger partial charge in [-0.1, -0.05) is 26.8 Å². The molecule has 0 radical (unpaired) electrons. The van der Waals surface area contributed by atoms with Crippen LogP contribution in [0.4, 0.5) is 4.79 Å². The van der Waals surface area contributed by atoms with Crippen molar-refractivity contribution < 1.29 is 18.8 Å². The number of rotatable bonds is 6. The summed E-state index contributed by atoms with van der Waals surface area (Å²) in [6, 6.07) is 7.75. The number of carbonyl (C=O) groups excluding carboxylic acids is 2. The molecular weight excluding hydrogens is 348 g/mol. The molecule has 2 heterocycles. The van der Waals surface area contributed by atoms with E-state index in [1.165, 1.54) is 0 Å². The lowest BCUT2D eigenvalue weighted by molar-refractivity contribution is -0.162. The van der Waals surface area contributed by atoms with E-state index in [9.17, 15) is 9.59 Å². The minimum Gasteiger partial charge on any atom is -0.443 e. The van der Waals surface area contributed by atoms with Crippen LogP contribution in [-0.4, -0.2) is 41.9 Å². The Bertz CT molecular complexity index is 632. The molecule has 0 saturated carbocycles. The molecule has 2 atom stereocenters. The largest absolute Gasteiger partial charge is 0.443 e. The van der Waals surface area contributed by atoms with Gasteiger partial charge in [0.2, 0.25) is 0 Å². The molecule has 1 fully saturated rings. The number of hydrogen-bond acceptors (Lipinski definition) is 5. The molecule has 2 unspecified atom stereocenters. The van der Waals surface area contributed by atoms with Gasteiger partial charge >= 0.3 is 6.09 Å². The third kappa shape index (κ3) is 4.15. The highest BCUT2D eigenvalue weighted by Gasteiger charge is 2.56. The summed E-state index contributed by atoms with van der Waals surface area (Å²) < 4.78 is 11.8. The number of nitrogens with zero attached hydrogens (tertiary/aromatic N) is 2. The quantitative estimate of drug-likeness (QED) is 0.545. The molecule has 6 nitrogen and oxygen atoms in total. The van der Waals surface area contributed by atoms with E-state index in [4.69, 9.17) is 9.16 Å². The molecule has 0 bridgehead atoms. The lowest BCUT2D eigenvalue weighted by Gasteiger charge is -2.48. The zero-order valence-electron chi connectivity index (χ0n) is 16.6. The fraction of sp³-hybridized carbons (Fsp3) is 0.632. The summed E-state index contributed by atoms with van der Waals surface area (Å²) in [7, 11) is -2.01. The number of aromatic nitrogens is 1. The van der Waals surface area contributed by atoms with Crippen LogP contribution in [0.2, 0.25) is 18.1 Å². The van der Waals surface area contributed by atoms with Crippen LogP contribution >= 0.6 is 0 Å². The Labute approximate surface area is 157 Å². The van der Waals surface area contributed by atoms with Crippen molar-refractivity contribution >= 4 is 20.3 Å². The molecule has 2 rings (SSSR count). The van der Waals surface area contributed by atoms with Crippen LogP contribution in [0.1, 0.15) is 53.3 Å². The van der Waals surface area contributed by atoms with Gasteiger partial charge in [-0.3, -0.25) is 9.78 Å². The maximum absolute atomic E-state index is 12.8. The van der Waals surface area contributed by atoms with Crippen LogP contribution in [0.3, 0.4) is 0 Å². The molecule has 144 valence electrons. The number of β-lactam (4-membered cyclic amide) rings is 1. The predicted octanol–water partition coefficient (Wildman–Crippen LogP) is 4.29. The molecule has 0 N–H and O–H groups in total. The first kappa shape index (κ1) is 20.6. The van der Waals surface area contributed by atoms with Crippen molar-refractivity contribution in [3.8, 4) is 0 Å². The number of imide groups is 1. The van der Waals surface area contributed by atoms with Crippen molar-refractivity contribution in [3.63, 3.8) is 0 Å². The van der Waals surface area contributed by atoms with E-state index in [1.807, 2.05) is 12.1 Å². The van der Waals surface area contributed by atoms with Crippen molar-refractivity contribution in [3.05, 3.63) is 30.1 Å². The van der Waals surface area contributed by atoms with E-state index < -0.39 is 32.2 Å². The molecule has 1 aromatic heterocycles. The van der Waals surface area contributed by atoms with E-state index in [0.717, 1.165) is 23.0 Å². The van der Waals surface area contributed by atoms with Crippen LogP contribution in [0.15, 0.2) is 24.4 Å². The topological polar surface area (TPSA) is 68.7 Å². The highest BCUT2D eigenvalue weighted by atomic mass is 28.4. The smallest absolute Gasteiger partial charge is 0.417 e. The minimum atomic E-state index is -2.01. The van der Waals surface area contributed by atoms with Crippen LogP contribution in [0.5, 0.6) is 0 Å². The maximum atomic E-state index is 12.8. The van der Waals surface area contributed by atoms with Crippen molar-refractivity contribution in [1.82, 2.24) is 9.88 Å². The van der Waals surface area contributed by atoms with Crippen LogP contribution < -0.4 is 0 Å². The molecule has 1 aliphatic heterocycles. The normalized spacial score (nSPS) is 20.7. The van der Waals surface area contributed by atoms with Gasteiger partial charge in [0.15, 0.2) is 14.4 Å². The average molecular weight is 379 g/mol. The molecular formula is C19H30N2O4Si. The summed E-state index contributed by atoms with van der Waals surface area (Å²) in [5.74, 6) is -0.331. The number of hydrogen-bond donors (Lipinski definition) is 0. The van der Waals surface area contributed by atoms with E-state index >= 15 is 0 Å². The molecule has 7 heteroatoms. The van der Waals surface area contributed by atoms with Gasteiger partial charge in [-0.15, -0.1) is 0 Å². The van der Waals surface area contributed by atoms with E-state index in [0.29, 0.717) is 5.69 Å². The molecule has 26 heavy (non-hydrogen) atoms. The molecule has 0 aromatic carbocycles. The third-order valence-electron chi connectivity index (χ3n) is 4.94. The maximum Gasteiger partial charge on any atom is 0.417 e. The van der Waals surface area contributed by atoms with Crippen LogP contribution in [0, 0.1) is 0 Å². The number of ether oxygens (including phenoxy) is 1. The van der Waals surface area contributed by atoms with Gasteiger partial charge in [-0.25, -0.2) is 9.69 Å². The van der Waals surface area contributed by atoms with Crippen molar-refractivity contribution in [1.29, 1.82) is 0 Å². The second kappa shape index (κ2) is 7.88. The van der Waals surface area contributed by atoms with Gasteiger partial charge < -0.3 is 9.16 Å². The summed E-state index contributed by atoms with van der Waals surface area (Å²) in [5.41, 5.74) is -0.0265. The third-order valence-corrected chi connectivity index (χ3v) is 9.56. The minimum absolute atomic E-state index is 0.331. The lowest BCUT2D eigenvalue weighted by atomic mass is 9.95. The number of amides is 2. The molecule has 1 aliphatic rings. The van der Waals surface area contributed by atoms with E-state index in [2.05, 4.69) is 25.8 Å². The summed E-state index contributed by atoms with van der Waals surface area (Å²) in [6.45, 7) is 11.7. The Kier molecular flexibility index (Phi) is 6.23. The first-order chi connectivity index (χ1) is 12.2. The summed E-state index contributed by atoms with van der Waals surface area (Å²) in [5, 5.41) is 0. The Hall–Kier alpha value is -1.73. The standard InChI is InChI=1S/C19H30N2O4Si/c1-7-26(8-2,9-3)25-16-15(14-12-10-11-13-20-14)21(17(16)22)18(23)24-19(4,5)6/h10-13,15-16H,7-9H2,1-6H3.